The van der Waals surface area contributed by atoms with Gasteiger partial charge in [-0.1, -0.05) is 41.7 Å². The summed E-state index contributed by atoms with van der Waals surface area (Å²) in [4.78, 5) is 20.2. The van der Waals surface area contributed by atoms with Crippen molar-refractivity contribution in [2.24, 2.45) is 0 Å². The smallest absolute Gasteiger partial charge is 0.260 e. The number of ether oxygens (including phenoxy) is 4. The van der Waals surface area contributed by atoms with Gasteiger partial charge in [-0.3, -0.25) is 9.69 Å². The van der Waals surface area contributed by atoms with Gasteiger partial charge in [-0.25, -0.2) is 4.98 Å². The number of anilines is 1. The number of aromatic nitrogens is 1. The van der Waals surface area contributed by atoms with Crippen LogP contribution in [0.4, 0.5) is 5.13 Å². The lowest BCUT2D eigenvalue weighted by Crippen LogP contribution is -2.30. The van der Waals surface area contributed by atoms with Gasteiger partial charge in [-0.2, -0.15) is 0 Å². The van der Waals surface area contributed by atoms with E-state index in [1.54, 1.807) is 57.6 Å². The molecule has 0 atom stereocenters. The van der Waals surface area contributed by atoms with E-state index in [0.717, 1.165) is 10.3 Å². The molecule has 0 saturated carbocycles. The van der Waals surface area contributed by atoms with Crippen molar-refractivity contribution in [1.29, 1.82) is 0 Å². The molecular weight excluding hydrogens is 440 g/mol. The van der Waals surface area contributed by atoms with Crippen LogP contribution < -0.4 is 23.8 Å². The highest BCUT2D eigenvalue weighted by Crippen LogP contribution is 2.41. The predicted octanol–water partition coefficient (Wildman–Crippen LogP) is 5.18. The van der Waals surface area contributed by atoms with E-state index in [2.05, 4.69) is 0 Å². The van der Waals surface area contributed by atoms with Crippen LogP contribution in [0.25, 0.3) is 10.2 Å². The Morgan fingerprint density at radius 1 is 0.848 bits per heavy atom. The second-order valence-electron chi connectivity index (χ2n) is 7.12. The summed E-state index contributed by atoms with van der Waals surface area (Å²) in [6.45, 7) is 0.337. The van der Waals surface area contributed by atoms with Crippen LogP contribution in [0.5, 0.6) is 23.0 Å². The summed E-state index contributed by atoms with van der Waals surface area (Å²) in [7, 11) is 6.31. The zero-order valence-electron chi connectivity index (χ0n) is 18.8. The van der Waals surface area contributed by atoms with E-state index in [0.29, 0.717) is 45.8 Å². The van der Waals surface area contributed by atoms with Gasteiger partial charge in [-0.05, 0) is 29.8 Å². The Bertz CT molecular complexity index is 1210. The number of methoxy groups -OCH3 is 4. The lowest BCUT2D eigenvalue weighted by Gasteiger charge is -2.21. The third-order valence-corrected chi connectivity index (χ3v) is 6.25. The minimum Gasteiger partial charge on any atom is -0.497 e. The first-order valence-electron chi connectivity index (χ1n) is 10.2. The number of hydrogen-bond acceptors (Lipinski definition) is 7. The van der Waals surface area contributed by atoms with E-state index in [1.165, 1.54) is 11.3 Å². The van der Waals surface area contributed by atoms with Gasteiger partial charge < -0.3 is 18.9 Å². The molecule has 1 amide bonds. The van der Waals surface area contributed by atoms with Gasteiger partial charge >= 0.3 is 0 Å². The van der Waals surface area contributed by atoms with Crippen LogP contribution in [0.3, 0.4) is 0 Å². The van der Waals surface area contributed by atoms with Crippen LogP contribution in [-0.2, 0) is 6.54 Å². The van der Waals surface area contributed by atoms with E-state index in [9.17, 15) is 4.79 Å². The van der Waals surface area contributed by atoms with Crippen LogP contribution >= 0.6 is 11.3 Å². The summed E-state index contributed by atoms with van der Waals surface area (Å²) in [6.07, 6.45) is 0. The fourth-order valence-electron chi connectivity index (χ4n) is 3.47. The molecule has 4 aromatic rings. The van der Waals surface area contributed by atoms with Crippen molar-refractivity contribution in [1.82, 2.24) is 4.98 Å². The van der Waals surface area contributed by atoms with Crippen LogP contribution in [0, 0.1) is 0 Å². The number of thiazole rings is 1. The second kappa shape index (κ2) is 9.79. The molecule has 1 aromatic heterocycles. The number of hydrogen-bond donors (Lipinski definition) is 0. The molecule has 0 spiro atoms. The monoisotopic (exact) mass is 464 g/mol. The van der Waals surface area contributed by atoms with E-state index in [1.807, 2.05) is 36.4 Å². The minimum atomic E-state index is -0.229. The maximum absolute atomic E-state index is 13.8. The molecule has 4 rings (SSSR count). The number of carbonyl (C=O) groups excluding carboxylic acids is 1. The summed E-state index contributed by atoms with van der Waals surface area (Å²) in [5, 5.41) is 0.531. The quantitative estimate of drug-likeness (QED) is 0.358. The van der Waals surface area contributed by atoms with Crippen molar-refractivity contribution in [2.75, 3.05) is 33.3 Å². The minimum absolute atomic E-state index is 0.229. The molecule has 33 heavy (non-hydrogen) atoms. The third-order valence-electron chi connectivity index (χ3n) is 5.16. The fraction of sp³-hybridized carbons (Fsp3) is 0.200. The molecule has 0 unspecified atom stereocenters. The first-order chi connectivity index (χ1) is 16.1. The molecule has 7 nitrogen and oxygen atoms in total. The molecule has 0 radical (unpaired) electrons. The number of nitrogens with zero attached hydrogens (tertiary/aromatic N) is 2. The molecule has 1 heterocycles. The molecule has 0 aliphatic rings. The standard InChI is InChI=1S/C25H24N2O5S/c1-29-18-12-17(13-19(14-18)30-2)24(28)27(15-16-8-6-5-7-9-16)25-26-22-20(31-3)10-11-21(32-4)23(22)33-25/h5-14H,15H2,1-4H3. The van der Waals surface area contributed by atoms with E-state index in [4.69, 9.17) is 23.9 Å². The second-order valence-corrected chi connectivity index (χ2v) is 8.10. The number of carbonyl (C=O) groups is 1. The van der Waals surface area contributed by atoms with Gasteiger partial charge in [-0.15, -0.1) is 0 Å². The first kappa shape index (κ1) is 22.4. The van der Waals surface area contributed by atoms with E-state index >= 15 is 0 Å². The van der Waals surface area contributed by atoms with Crippen molar-refractivity contribution < 1.29 is 23.7 Å². The van der Waals surface area contributed by atoms with Crippen molar-refractivity contribution in [3.8, 4) is 23.0 Å². The largest absolute Gasteiger partial charge is 0.497 e. The molecule has 0 bridgehead atoms. The summed E-state index contributed by atoms with van der Waals surface area (Å²) >= 11 is 1.37. The fourth-order valence-corrected chi connectivity index (χ4v) is 4.54. The Balaban J connectivity index is 1.85. The molecule has 0 N–H and O–H groups in total. The first-order valence-corrected chi connectivity index (χ1v) is 11.0. The van der Waals surface area contributed by atoms with Crippen molar-refractivity contribution in [3.63, 3.8) is 0 Å². The Morgan fingerprint density at radius 3 is 2.09 bits per heavy atom. The van der Waals surface area contributed by atoms with Crippen molar-refractivity contribution >= 4 is 32.6 Å². The summed E-state index contributed by atoms with van der Waals surface area (Å²) in [5.41, 5.74) is 2.05. The summed E-state index contributed by atoms with van der Waals surface area (Å²) in [6, 6.07) is 18.5. The Kier molecular flexibility index (Phi) is 6.65. The molecule has 170 valence electrons. The molecular formula is C25H24N2O5S. The average molecular weight is 465 g/mol. The summed E-state index contributed by atoms with van der Waals surface area (Å²) < 4.78 is 22.6. The molecule has 8 heteroatoms. The number of amides is 1. The Hall–Kier alpha value is -3.78. The molecule has 0 fully saturated rings. The molecule has 0 aliphatic carbocycles. The zero-order valence-corrected chi connectivity index (χ0v) is 19.6. The normalized spacial score (nSPS) is 10.7. The van der Waals surface area contributed by atoms with Gasteiger partial charge in [0.15, 0.2) is 5.13 Å². The topological polar surface area (TPSA) is 70.1 Å². The Morgan fingerprint density at radius 2 is 1.48 bits per heavy atom. The molecule has 3 aromatic carbocycles. The number of fused-ring (bicyclic) bond motifs is 1. The van der Waals surface area contributed by atoms with Crippen LogP contribution in [0.1, 0.15) is 15.9 Å². The van der Waals surface area contributed by atoms with E-state index < -0.39 is 0 Å². The van der Waals surface area contributed by atoms with Gasteiger partial charge in [0.1, 0.15) is 33.2 Å². The van der Waals surface area contributed by atoms with Crippen LogP contribution in [0.2, 0.25) is 0 Å². The third kappa shape index (κ3) is 4.56. The zero-order chi connectivity index (χ0) is 23.4. The number of benzene rings is 3. The lowest BCUT2D eigenvalue weighted by molar-refractivity contribution is 0.0984. The highest BCUT2D eigenvalue weighted by Gasteiger charge is 2.25. The maximum Gasteiger partial charge on any atom is 0.260 e. The average Bonchev–Trinajstić information content (AvgIpc) is 3.31. The number of rotatable bonds is 8. The lowest BCUT2D eigenvalue weighted by atomic mass is 10.1. The van der Waals surface area contributed by atoms with E-state index in [-0.39, 0.29) is 5.91 Å². The van der Waals surface area contributed by atoms with Crippen molar-refractivity contribution in [3.05, 3.63) is 71.8 Å². The molecule has 0 saturated heterocycles. The Labute approximate surface area is 196 Å². The highest BCUT2D eigenvalue weighted by atomic mass is 32.1. The predicted molar refractivity (Wildman–Crippen MR) is 129 cm³/mol. The SMILES string of the molecule is COc1cc(OC)cc(C(=O)N(Cc2ccccc2)c2nc3c(OC)ccc(OC)c3s2)c1. The van der Waals surface area contributed by atoms with Crippen molar-refractivity contribution in [2.45, 2.75) is 6.54 Å². The molecule has 0 aliphatic heterocycles. The van der Waals surface area contributed by atoms with Gasteiger partial charge in [0.2, 0.25) is 0 Å². The highest BCUT2D eigenvalue weighted by molar-refractivity contribution is 7.22. The van der Waals surface area contributed by atoms with Crippen LogP contribution in [0.15, 0.2) is 60.7 Å². The maximum atomic E-state index is 13.8. The van der Waals surface area contributed by atoms with Crippen LogP contribution in [-0.4, -0.2) is 39.3 Å². The summed E-state index contributed by atoms with van der Waals surface area (Å²) in [5.74, 6) is 2.12. The van der Waals surface area contributed by atoms with Gasteiger partial charge in [0.25, 0.3) is 5.91 Å². The van der Waals surface area contributed by atoms with Gasteiger partial charge in [0, 0.05) is 11.6 Å². The van der Waals surface area contributed by atoms with Gasteiger partial charge in [0.05, 0.1) is 35.0 Å².